The van der Waals surface area contributed by atoms with Crippen LogP contribution in [0.4, 0.5) is 0 Å². The van der Waals surface area contributed by atoms with Crippen molar-refractivity contribution >= 4 is 29.9 Å². The summed E-state index contributed by atoms with van der Waals surface area (Å²) < 4.78 is 11.5. The average Bonchev–Trinajstić information content (AvgIpc) is 2.72. The highest BCUT2D eigenvalue weighted by Gasteiger charge is 2.25. The smallest absolute Gasteiger partial charge is 0.194 e. The summed E-state index contributed by atoms with van der Waals surface area (Å²) in [7, 11) is 0. The van der Waals surface area contributed by atoms with Gasteiger partial charge in [0, 0.05) is 39.3 Å². The molecule has 0 amide bonds. The van der Waals surface area contributed by atoms with E-state index >= 15 is 0 Å². The fraction of sp³-hybridized carbons (Fsp3) is 0.682. The maximum atomic E-state index is 6.09. The predicted octanol–water partition coefficient (Wildman–Crippen LogP) is 2.92. The van der Waals surface area contributed by atoms with Crippen molar-refractivity contribution in [2.45, 2.75) is 26.9 Å². The van der Waals surface area contributed by atoms with E-state index in [9.17, 15) is 0 Å². The summed E-state index contributed by atoms with van der Waals surface area (Å²) in [6.45, 7) is 15.6. The maximum Gasteiger partial charge on any atom is 0.194 e. The van der Waals surface area contributed by atoms with Crippen molar-refractivity contribution in [1.29, 1.82) is 0 Å². The van der Waals surface area contributed by atoms with Crippen LogP contribution in [-0.4, -0.2) is 81.4 Å². The Balaban J connectivity index is 0.00000300. The van der Waals surface area contributed by atoms with Crippen LogP contribution in [0.2, 0.25) is 0 Å². The number of aliphatic imine (C=N–C) groups is 1. The lowest BCUT2D eigenvalue weighted by molar-refractivity contribution is -0.00837. The SMILES string of the molecule is CCNC(=NCC(C)CN1CCOCC1)N1CCOC(c2ccccc2C)C1.I. The number of guanidine groups is 1. The molecule has 0 radical (unpaired) electrons. The summed E-state index contributed by atoms with van der Waals surface area (Å²) in [6.07, 6.45) is 0.101. The summed E-state index contributed by atoms with van der Waals surface area (Å²) >= 11 is 0. The molecule has 2 saturated heterocycles. The minimum Gasteiger partial charge on any atom is -0.379 e. The zero-order valence-corrected chi connectivity index (χ0v) is 20.4. The van der Waals surface area contributed by atoms with Gasteiger partial charge < -0.3 is 19.7 Å². The van der Waals surface area contributed by atoms with E-state index in [-0.39, 0.29) is 30.1 Å². The van der Waals surface area contributed by atoms with Gasteiger partial charge in [0.15, 0.2) is 5.96 Å². The van der Waals surface area contributed by atoms with Crippen LogP contribution in [0.25, 0.3) is 0 Å². The number of hydrogen-bond acceptors (Lipinski definition) is 4. The molecule has 7 heteroatoms. The summed E-state index contributed by atoms with van der Waals surface area (Å²) in [5, 5.41) is 3.48. The molecule has 164 valence electrons. The molecule has 0 spiro atoms. The minimum absolute atomic E-state index is 0. The van der Waals surface area contributed by atoms with Gasteiger partial charge in [0.25, 0.3) is 0 Å². The first kappa shape index (κ1) is 24.4. The Bertz CT molecular complexity index is 637. The van der Waals surface area contributed by atoms with E-state index in [1.165, 1.54) is 11.1 Å². The Hall–Kier alpha value is -0.900. The molecule has 0 aliphatic carbocycles. The predicted molar refractivity (Wildman–Crippen MR) is 129 cm³/mol. The molecule has 29 heavy (non-hydrogen) atoms. The molecule has 1 aromatic carbocycles. The van der Waals surface area contributed by atoms with Crippen molar-refractivity contribution < 1.29 is 9.47 Å². The van der Waals surface area contributed by atoms with Gasteiger partial charge in [-0.3, -0.25) is 9.89 Å². The third kappa shape index (κ3) is 7.38. The number of morpholine rings is 2. The zero-order valence-electron chi connectivity index (χ0n) is 18.1. The molecule has 2 heterocycles. The van der Waals surface area contributed by atoms with Crippen LogP contribution < -0.4 is 5.32 Å². The molecule has 2 aliphatic heterocycles. The van der Waals surface area contributed by atoms with Crippen molar-refractivity contribution in [3.63, 3.8) is 0 Å². The molecule has 1 aromatic rings. The molecule has 0 bridgehead atoms. The molecule has 0 aromatic heterocycles. The standard InChI is InChI=1S/C22H36N4O2.HI/c1-4-23-22(24-15-18(2)16-25-9-12-27-13-10-25)26-11-14-28-21(17-26)20-8-6-5-7-19(20)3;/h5-8,18,21H,4,9-17H2,1-3H3,(H,23,24);1H. The van der Waals surface area contributed by atoms with Crippen LogP contribution in [-0.2, 0) is 9.47 Å². The Labute approximate surface area is 193 Å². The van der Waals surface area contributed by atoms with E-state index in [4.69, 9.17) is 14.5 Å². The molecule has 3 rings (SSSR count). The van der Waals surface area contributed by atoms with E-state index in [1.54, 1.807) is 0 Å². The summed E-state index contributed by atoms with van der Waals surface area (Å²) in [5.41, 5.74) is 2.57. The zero-order chi connectivity index (χ0) is 19.8. The molecular weight excluding hydrogens is 479 g/mol. The van der Waals surface area contributed by atoms with Crippen LogP contribution in [0, 0.1) is 12.8 Å². The van der Waals surface area contributed by atoms with E-state index in [0.29, 0.717) is 5.92 Å². The molecule has 2 fully saturated rings. The monoisotopic (exact) mass is 516 g/mol. The highest BCUT2D eigenvalue weighted by molar-refractivity contribution is 14.0. The van der Waals surface area contributed by atoms with Gasteiger partial charge in [0.1, 0.15) is 6.10 Å². The lowest BCUT2D eigenvalue weighted by Gasteiger charge is -2.36. The average molecular weight is 516 g/mol. The van der Waals surface area contributed by atoms with Gasteiger partial charge in [-0.25, -0.2) is 0 Å². The number of benzene rings is 1. The van der Waals surface area contributed by atoms with Gasteiger partial charge in [-0.2, -0.15) is 0 Å². The second kappa shape index (κ2) is 12.7. The fourth-order valence-electron chi connectivity index (χ4n) is 3.93. The van der Waals surface area contributed by atoms with Crippen molar-refractivity contribution in [3.8, 4) is 0 Å². The maximum absolute atomic E-state index is 6.09. The van der Waals surface area contributed by atoms with Gasteiger partial charge in [-0.05, 0) is 30.9 Å². The van der Waals surface area contributed by atoms with Crippen LogP contribution in [0.5, 0.6) is 0 Å². The molecule has 6 nitrogen and oxygen atoms in total. The summed E-state index contributed by atoms with van der Waals surface area (Å²) in [6, 6.07) is 8.51. The Kier molecular flexibility index (Phi) is 10.7. The van der Waals surface area contributed by atoms with Crippen LogP contribution in [0.1, 0.15) is 31.1 Å². The van der Waals surface area contributed by atoms with Gasteiger partial charge >= 0.3 is 0 Å². The number of aryl methyl sites for hydroxylation is 1. The second-order valence-corrected chi connectivity index (χ2v) is 7.87. The van der Waals surface area contributed by atoms with Gasteiger partial charge in [0.2, 0.25) is 0 Å². The molecule has 2 aliphatic rings. The number of halogens is 1. The van der Waals surface area contributed by atoms with E-state index in [2.05, 4.69) is 60.2 Å². The number of hydrogen-bond donors (Lipinski definition) is 1. The fourth-order valence-corrected chi connectivity index (χ4v) is 3.93. The third-order valence-corrected chi connectivity index (χ3v) is 5.46. The lowest BCUT2D eigenvalue weighted by Crippen LogP contribution is -2.48. The van der Waals surface area contributed by atoms with Crippen LogP contribution >= 0.6 is 24.0 Å². The quantitative estimate of drug-likeness (QED) is 0.358. The highest BCUT2D eigenvalue weighted by Crippen LogP contribution is 2.25. The molecule has 2 unspecified atom stereocenters. The van der Waals surface area contributed by atoms with E-state index < -0.39 is 0 Å². The number of nitrogens with zero attached hydrogens (tertiary/aromatic N) is 3. The van der Waals surface area contributed by atoms with Gasteiger partial charge in [-0.1, -0.05) is 31.2 Å². The Morgan fingerprint density at radius 1 is 1.21 bits per heavy atom. The summed E-state index contributed by atoms with van der Waals surface area (Å²) in [5.74, 6) is 1.54. The van der Waals surface area contributed by atoms with Crippen LogP contribution in [0.3, 0.4) is 0 Å². The highest BCUT2D eigenvalue weighted by atomic mass is 127. The first-order chi connectivity index (χ1) is 13.7. The van der Waals surface area contributed by atoms with Crippen molar-refractivity contribution in [2.24, 2.45) is 10.9 Å². The minimum atomic E-state index is 0. The molecule has 1 N–H and O–H groups in total. The number of ether oxygens (including phenoxy) is 2. The van der Waals surface area contributed by atoms with Crippen molar-refractivity contribution in [2.75, 3.05) is 65.6 Å². The molecule has 0 saturated carbocycles. The van der Waals surface area contributed by atoms with Crippen LogP contribution in [0.15, 0.2) is 29.3 Å². The normalized spacial score (nSPS) is 22.1. The largest absolute Gasteiger partial charge is 0.379 e. The lowest BCUT2D eigenvalue weighted by atomic mass is 10.0. The Morgan fingerprint density at radius 3 is 2.69 bits per heavy atom. The van der Waals surface area contributed by atoms with Crippen molar-refractivity contribution in [1.82, 2.24) is 15.1 Å². The Morgan fingerprint density at radius 2 is 1.97 bits per heavy atom. The first-order valence-electron chi connectivity index (χ1n) is 10.7. The van der Waals surface area contributed by atoms with Crippen molar-refractivity contribution in [3.05, 3.63) is 35.4 Å². The number of nitrogens with one attached hydrogen (secondary N) is 1. The molecular formula is C22H37IN4O2. The van der Waals surface area contributed by atoms with Gasteiger partial charge in [-0.15, -0.1) is 24.0 Å². The molecule has 2 atom stereocenters. The van der Waals surface area contributed by atoms with E-state index in [0.717, 1.165) is 71.6 Å². The van der Waals surface area contributed by atoms with Gasteiger partial charge in [0.05, 0.1) is 26.4 Å². The third-order valence-electron chi connectivity index (χ3n) is 5.46. The van der Waals surface area contributed by atoms with E-state index in [1.807, 2.05) is 0 Å². The second-order valence-electron chi connectivity index (χ2n) is 7.87. The topological polar surface area (TPSA) is 49.3 Å². The first-order valence-corrected chi connectivity index (χ1v) is 10.7. The summed E-state index contributed by atoms with van der Waals surface area (Å²) in [4.78, 5) is 9.81. The number of rotatable bonds is 6.